The lowest BCUT2D eigenvalue weighted by Gasteiger charge is -2.07. The maximum Gasteiger partial charge on any atom is 0.187 e. The predicted octanol–water partition coefficient (Wildman–Crippen LogP) is 3.46. The SMILES string of the molecule is COc1ccc(CNC(=S)N/N=C\c2ccc(Br)cc2)cc1. The molecule has 6 heteroatoms. The van der Waals surface area contributed by atoms with Gasteiger partial charge in [0.25, 0.3) is 0 Å². The lowest BCUT2D eigenvalue weighted by molar-refractivity contribution is 0.414. The standard InChI is InChI=1S/C16H16BrN3OS/c1-21-15-8-4-12(5-9-15)10-18-16(22)20-19-11-13-2-6-14(17)7-3-13/h2-9,11H,10H2,1H3,(H2,18,20,22)/b19-11-. The largest absolute Gasteiger partial charge is 0.497 e. The molecule has 0 saturated carbocycles. The van der Waals surface area contributed by atoms with Crippen molar-refractivity contribution < 1.29 is 4.74 Å². The highest BCUT2D eigenvalue weighted by Gasteiger charge is 1.96. The Morgan fingerprint density at radius 1 is 1.18 bits per heavy atom. The van der Waals surface area contributed by atoms with Gasteiger partial charge in [-0.15, -0.1) is 0 Å². The van der Waals surface area contributed by atoms with E-state index < -0.39 is 0 Å². The highest BCUT2D eigenvalue weighted by Crippen LogP contribution is 2.11. The number of nitrogens with one attached hydrogen (secondary N) is 2. The van der Waals surface area contributed by atoms with Crippen LogP contribution in [-0.4, -0.2) is 18.4 Å². The molecule has 0 bridgehead atoms. The molecule has 2 aromatic carbocycles. The van der Waals surface area contributed by atoms with Crippen molar-refractivity contribution >= 4 is 39.5 Å². The molecular formula is C16H16BrN3OS. The van der Waals surface area contributed by atoms with Crippen molar-refractivity contribution in [1.82, 2.24) is 10.7 Å². The predicted molar refractivity (Wildman–Crippen MR) is 97.3 cm³/mol. The Bertz CT molecular complexity index is 641. The Morgan fingerprint density at radius 3 is 2.50 bits per heavy atom. The molecule has 0 radical (unpaired) electrons. The highest BCUT2D eigenvalue weighted by atomic mass is 79.9. The molecule has 0 aliphatic heterocycles. The Balaban J connectivity index is 1.76. The van der Waals surface area contributed by atoms with E-state index in [0.717, 1.165) is 21.3 Å². The second kappa shape index (κ2) is 8.51. The smallest absolute Gasteiger partial charge is 0.187 e. The summed E-state index contributed by atoms with van der Waals surface area (Å²) in [6.45, 7) is 0.629. The monoisotopic (exact) mass is 377 g/mol. The van der Waals surface area contributed by atoms with Crippen LogP contribution in [0, 0.1) is 0 Å². The second-order valence-electron chi connectivity index (χ2n) is 4.45. The van der Waals surface area contributed by atoms with E-state index in [0.29, 0.717) is 11.7 Å². The molecule has 0 spiro atoms. The van der Waals surface area contributed by atoms with Gasteiger partial charge in [0.05, 0.1) is 13.3 Å². The van der Waals surface area contributed by atoms with E-state index in [1.165, 1.54) is 0 Å². The molecule has 0 heterocycles. The number of halogens is 1. The van der Waals surface area contributed by atoms with Gasteiger partial charge in [0.1, 0.15) is 5.75 Å². The molecule has 0 atom stereocenters. The lowest BCUT2D eigenvalue weighted by Crippen LogP contribution is -2.31. The first-order chi connectivity index (χ1) is 10.7. The zero-order chi connectivity index (χ0) is 15.8. The minimum absolute atomic E-state index is 0.476. The highest BCUT2D eigenvalue weighted by molar-refractivity contribution is 9.10. The van der Waals surface area contributed by atoms with Crippen LogP contribution < -0.4 is 15.5 Å². The van der Waals surface area contributed by atoms with Crippen LogP contribution in [0.15, 0.2) is 58.1 Å². The van der Waals surface area contributed by atoms with E-state index in [9.17, 15) is 0 Å². The van der Waals surface area contributed by atoms with E-state index in [1.54, 1.807) is 13.3 Å². The molecule has 0 aliphatic carbocycles. The van der Waals surface area contributed by atoms with Crippen LogP contribution in [-0.2, 0) is 6.54 Å². The molecule has 22 heavy (non-hydrogen) atoms. The van der Waals surface area contributed by atoms with Gasteiger partial charge in [-0.1, -0.05) is 40.2 Å². The molecule has 2 N–H and O–H groups in total. The van der Waals surface area contributed by atoms with Crippen LogP contribution in [0.4, 0.5) is 0 Å². The number of ether oxygens (including phenoxy) is 1. The Kier molecular flexibility index (Phi) is 6.36. The second-order valence-corrected chi connectivity index (χ2v) is 5.78. The molecular weight excluding hydrogens is 362 g/mol. The quantitative estimate of drug-likeness (QED) is 0.475. The van der Waals surface area contributed by atoms with Crippen molar-refractivity contribution in [2.75, 3.05) is 7.11 Å². The third-order valence-electron chi connectivity index (χ3n) is 2.86. The average molecular weight is 378 g/mol. The maximum absolute atomic E-state index is 5.17. The average Bonchev–Trinajstić information content (AvgIpc) is 2.55. The molecule has 0 aromatic heterocycles. The van der Waals surface area contributed by atoms with Crippen LogP contribution in [0.5, 0.6) is 5.75 Å². The third-order valence-corrected chi connectivity index (χ3v) is 3.63. The minimum atomic E-state index is 0.476. The van der Waals surface area contributed by atoms with Crippen molar-refractivity contribution in [3.63, 3.8) is 0 Å². The number of rotatable bonds is 5. The van der Waals surface area contributed by atoms with Crippen LogP contribution in [0.3, 0.4) is 0 Å². The number of hydrogen-bond acceptors (Lipinski definition) is 3. The van der Waals surface area contributed by atoms with Gasteiger partial charge in [-0.2, -0.15) is 5.10 Å². The van der Waals surface area contributed by atoms with Crippen LogP contribution in [0.2, 0.25) is 0 Å². The van der Waals surface area contributed by atoms with Gasteiger partial charge >= 0.3 is 0 Å². The summed E-state index contributed by atoms with van der Waals surface area (Å²) in [5.74, 6) is 0.837. The summed E-state index contributed by atoms with van der Waals surface area (Å²) < 4.78 is 6.15. The zero-order valence-corrected chi connectivity index (χ0v) is 14.4. The fourth-order valence-electron chi connectivity index (χ4n) is 1.68. The number of nitrogens with zero attached hydrogens (tertiary/aromatic N) is 1. The minimum Gasteiger partial charge on any atom is -0.497 e. The summed E-state index contributed by atoms with van der Waals surface area (Å²) in [5, 5.41) is 7.66. The molecule has 0 saturated heterocycles. The summed E-state index contributed by atoms with van der Waals surface area (Å²) in [5.41, 5.74) is 4.90. The lowest BCUT2D eigenvalue weighted by atomic mass is 10.2. The van der Waals surface area contributed by atoms with Crippen LogP contribution in [0.25, 0.3) is 0 Å². The van der Waals surface area contributed by atoms with Gasteiger partial charge in [-0.05, 0) is 47.6 Å². The molecule has 114 valence electrons. The number of methoxy groups -OCH3 is 1. The number of thiocarbonyl (C=S) groups is 1. The Labute approximate surface area is 143 Å². The molecule has 0 aliphatic rings. The fraction of sp³-hybridized carbons (Fsp3) is 0.125. The normalized spacial score (nSPS) is 10.5. The first-order valence-corrected chi connectivity index (χ1v) is 7.83. The van der Waals surface area contributed by atoms with Gasteiger partial charge < -0.3 is 10.1 Å². The molecule has 4 nitrogen and oxygen atoms in total. The fourth-order valence-corrected chi connectivity index (χ4v) is 2.07. The van der Waals surface area contributed by atoms with E-state index in [1.807, 2.05) is 48.5 Å². The van der Waals surface area contributed by atoms with E-state index in [4.69, 9.17) is 17.0 Å². The van der Waals surface area contributed by atoms with Crippen molar-refractivity contribution in [3.05, 3.63) is 64.1 Å². The van der Waals surface area contributed by atoms with Gasteiger partial charge in [-0.3, -0.25) is 5.43 Å². The van der Waals surface area contributed by atoms with Crippen LogP contribution >= 0.6 is 28.1 Å². The summed E-state index contributed by atoms with van der Waals surface area (Å²) in [4.78, 5) is 0. The van der Waals surface area contributed by atoms with E-state index >= 15 is 0 Å². The number of hydrogen-bond donors (Lipinski definition) is 2. The van der Waals surface area contributed by atoms with Gasteiger partial charge in [0.2, 0.25) is 0 Å². The zero-order valence-electron chi connectivity index (χ0n) is 12.0. The van der Waals surface area contributed by atoms with E-state index in [2.05, 4.69) is 31.8 Å². The first-order valence-electron chi connectivity index (χ1n) is 6.63. The van der Waals surface area contributed by atoms with Gasteiger partial charge in [0, 0.05) is 11.0 Å². The van der Waals surface area contributed by atoms with Crippen molar-refractivity contribution in [3.8, 4) is 5.75 Å². The Hall–Kier alpha value is -1.92. The topological polar surface area (TPSA) is 45.6 Å². The van der Waals surface area contributed by atoms with Crippen LogP contribution in [0.1, 0.15) is 11.1 Å². The van der Waals surface area contributed by atoms with Crippen molar-refractivity contribution in [1.29, 1.82) is 0 Å². The maximum atomic E-state index is 5.17. The van der Waals surface area contributed by atoms with Gasteiger partial charge in [-0.25, -0.2) is 0 Å². The Morgan fingerprint density at radius 2 is 1.86 bits per heavy atom. The summed E-state index contributed by atoms with van der Waals surface area (Å²) in [6, 6.07) is 15.6. The number of benzene rings is 2. The molecule has 2 aromatic rings. The number of hydrazone groups is 1. The third kappa shape index (κ3) is 5.46. The van der Waals surface area contributed by atoms with Crippen molar-refractivity contribution in [2.24, 2.45) is 5.10 Å². The first kappa shape index (κ1) is 16.5. The molecule has 0 unspecified atom stereocenters. The summed E-state index contributed by atoms with van der Waals surface area (Å²) in [7, 11) is 1.65. The van der Waals surface area contributed by atoms with Gasteiger partial charge in [0.15, 0.2) is 5.11 Å². The summed E-state index contributed by atoms with van der Waals surface area (Å²) >= 11 is 8.56. The molecule has 0 fully saturated rings. The molecule has 2 rings (SSSR count). The van der Waals surface area contributed by atoms with Crippen molar-refractivity contribution in [2.45, 2.75) is 6.54 Å². The van der Waals surface area contributed by atoms with E-state index in [-0.39, 0.29) is 0 Å². The molecule has 0 amide bonds. The summed E-state index contributed by atoms with van der Waals surface area (Å²) in [6.07, 6.45) is 1.72.